The van der Waals surface area contributed by atoms with Crippen LogP contribution in [0.15, 0.2) is 36.4 Å². The predicted molar refractivity (Wildman–Crippen MR) is 63.7 cm³/mol. The molecule has 1 atom stereocenters. The molecule has 3 heteroatoms. The van der Waals surface area contributed by atoms with Crippen molar-refractivity contribution in [3.8, 4) is 0 Å². The quantitative estimate of drug-likeness (QED) is 0.775. The summed E-state index contributed by atoms with van der Waals surface area (Å²) in [4.78, 5) is 1.92. The fourth-order valence-corrected chi connectivity index (χ4v) is 1.66. The predicted octanol–water partition coefficient (Wildman–Crippen LogP) is 2.37. The summed E-state index contributed by atoms with van der Waals surface area (Å²) in [5.74, 6) is -0.362. The van der Waals surface area contributed by atoms with Gasteiger partial charge in [-0.15, -0.1) is 0 Å². The molecule has 0 amide bonds. The zero-order chi connectivity index (χ0) is 12.1. The summed E-state index contributed by atoms with van der Waals surface area (Å²) in [5, 5.41) is 9.87. The molecule has 0 spiro atoms. The van der Waals surface area contributed by atoms with Crippen LogP contribution in [0, 0.1) is 5.82 Å². The Bertz CT molecular complexity index is 365. The third kappa shape index (κ3) is 3.76. The van der Waals surface area contributed by atoms with E-state index in [1.807, 2.05) is 18.9 Å². The molecule has 0 heterocycles. The van der Waals surface area contributed by atoms with E-state index in [4.69, 9.17) is 0 Å². The first kappa shape index (κ1) is 12.9. The first-order valence-corrected chi connectivity index (χ1v) is 5.26. The van der Waals surface area contributed by atoms with Crippen molar-refractivity contribution in [1.82, 2.24) is 4.90 Å². The summed E-state index contributed by atoms with van der Waals surface area (Å²) in [6.45, 7) is 6.81. The molecule has 2 nitrogen and oxygen atoms in total. The minimum Gasteiger partial charge on any atom is -0.387 e. The van der Waals surface area contributed by atoms with Crippen LogP contribution >= 0.6 is 0 Å². The van der Waals surface area contributed by atoms with Crippen LogP contribution in [0.4, 0.5) is 4.39 Å². The van der Waals surface area contributed by atoms with E-state index < -0.39 is 6.10 Å². The van der Waals surface area contributed by atoms with Crippen LogP contribution in [0.5, 0.6) is 0 Å². The summed E-state index contributed by atoms with van der Waals surface area (Å²) in [6, 6.07) is 6.30. The van der Waals surface area contributed by atoms with Crippen molar-refractivity contribution in [2.45, 2.75) is 13.0 Å². The van der Waals surface area contributed by atoms with E-state index in [-0.39, 0.29) is 5.82 Å². The summed E-state index contributed by atoms with van der Waals surface area (Å²) < 4.78 is 13.4. The molecule has 0 saturated heterocycles. The molecule has 16 heavy (non-hydrogen) atoms. The molecule has 1 aromatic carbocycles. The minimum absolute atomic E-state index is 0.344. The molecule has 0 aliphatic rings. The Morgan fingerprint density at radius 2 is 2.12 bits per heavy atom. The third-order valence-electron chi connectivity index (χ3n) is 2.29. The first-order chi connectivity index (χ1) is 7.50. The second kappa shape index (κ2) is 5.77. The molecule has 1 N–H and O–H groups in total. The second-order valence-corrected chi connectivity index (χ2v) is 4.19. The molecule has 0 saturated carbocycles. The summed E-state index contributed by atoms with van der Waals surface area (Å²) in [7, 11) is 1.87. The number of benzene rings is 1. The Labute approximate surface area is 96.0 Å². The van der Waals surface area contributed by atoms with Gasteiger partial charge in [-0.1, -0.05) is 30.4 Å². The Balaban J connectivity index is 2.62. The summed E-state index contributed by atoms with van der Waals surface area (Å²) in [6.07, 6.45) is -0.800. The van der Waals surface area contributed by atoms with Gasteiger partial charge in [0.2, 0.25) is 0 Å². The highest BCUT2D eigenvalue weighted by Gasteiger charge is 2.14. The van der Waals surface area contributed by atoms with Crippen LogP contribution in [-0.4, -0.2) is 30.1 Å². The molecule has 0 radical (unpaired) electrons. The zero-order valence-electron chi connectivity index (χ0n) is 9.78. The Kier molecular flexibility index (Phi) is 4.65. The number of rotatable bonds is 5. The SMILES string of the molecule is C=C(C)CN(C)CC(O)c1ccccc1F. The average molecular weight is 223 g/mol. The summed E-state index contributed by atoms with van der Waals surface area (Å²) in [5.41, 5.74) is 1.36. The van der Waals surface area contributed by atoms with Gasteiger partial charge >= 0.3 is 0 Å². The standard InChI is InChI=1S/C13H18FNO/c1-10(2)8-15(3)9-13(16)11-6-4-5-7-12(11)14/h4-7,13,16H,1,8-9H2,2-3H3. The lowest BCUT2D eigenvalue weighted by Gasteiger charge is -2.21. The van der Waals surface area contributed by atoms with Crippen molar-refractivity contribution in [2.24, 2.45) is 0 Å². The molecule has 0 aliphatic carbocycles. The number of halogens is 1. The molecule has 0 bridgehead atoms. The molecule has 0 aliphatic heterocycles. The molecule has 88 valence electrons. The number of aliphatic hydroxyl groups is 1. The van der Waals surface area contributed by atoms with Gasteiger partial charge in [-0.2, -0.15) is 0 Å². The normalized spacial score (nSPS) is 12.8. The first-order valence-electron chi connectivity index (χ1n) is 5.26. The lowest BCUT2D eigenvalue weighted by molar-refractivity contribution is 0.128. The molecule has 1 aromatic rings. The number of nitrogens with zero attached hydrogens (tertiary/aromatic N) is 1. The van der Waals surface area contributed by atoms with Crippen molar-refractivity contribution in [2.75, 3.05) is 20.1 Å². The van der Waals surface area contributed by atoms with E-state index in [2.05, 4.69) is 6.58 Å². The lowest BCUT2D eigenvalue weighted by atomic mass is 10.1. The maximum atomic E-state index is 13.4. The van der Waals surface area contributed by atoms with Gasteiger partial charge in [0.15, 0.2) is 0 Å². The number of aliphatic hydroxyl groups excluding tert-OH is 1. The van der Waals surface area contributed by atoms with E-state index in [1.54, 1.807) is 18.2 Å². The average Bonchev–Trinajstić information content (AvgIpc) is 2.16. The smallest absolute Gasteiger partial charge is 0.129 e. The van der Waals surface area contributed by atoms with Crippen LogP contribution in [0.25, 0.3) is 0 Å². The van der Waals surface area contributed by atoms with Gasteiger partial charge in [0.1, 0.15) is 5.82 Å². The van der Waals surface area contributed by atoms with Crippen LogP contribution in [-0.2, 0) is 0 Å². The number of hydrogen-bond donors (Lipinski definition) is 1. The van der Waals surface area contributed by atoms with Crippen molar-refractivity contribution in [3.63, 3.8) is 0 Å². The Hall–Kier alpha value is -1.19. The van der Waals surface area contributed by atoms with Gasteiger partial charge in [-0.3, -0.25) is 4.90 Å². The van der Waals surface area contributed by atoms with Crippen LogP contribution < -0.4 is 0 Å². The van der Waals surface area contributed by atoms with Gasteiger partial charge in [0, 0.05) is 18.7 Å². The monoisotopic (exact) mass is 223 g/mol. The highest BCUT2D eigenvalue weighted by Crippen LogP contribution is 2.17. The zero-order valence-corrected chi connectivity index (χ0v) is 9.78. The molecular formula is C13H18FNO. The van der Waals surface area contributed by atoms with Crippen LogP contribution in [0.3, 0.4) is 0 Å². The van der Waals surface area contributed by atoms with Crippen molar-refractivity contribution >= 4 is 0 Å². The molecule has 0 fully saturated rings. The van der Waals surface area contributed by atoms with Crippen molar-refractivity contribution in [1.29, 1.82) is 0 Å². The van der Waals surface area contributed by atoms with Gasteiger partial charge < -0.3 is 5.11 Å². The third-order valence-corrected chi connectivity index (χ3v) is 2.29. The van der Waals surface area contributed by atoms with Crippen LogP contribution in [0.2, 0.25) is 0 Å². The minimum atomic E-state index is -0.800. The molecule has 1 unspecified atom stereocenters. The topological polar surface area (TPSA) is 23.5 Å². The van der Waals surface area contributed by atoms with Gasteiger partial charge in [-0.05, 0) is 20.0 Å². The van der Waals surface area contributed by atoms with Crippen molar-refractivity contribution in [3.05, 3.63) is 47.8 Å². The number of hydrogen-bond acceptors (Lipinski definition) is 2. The number of likely N-dealkylation sites (N-methyl/N-ethyl adjacent to an activating group) is 1. The van der Waals surface area contributed by atoms with E-state index >= 15 is 0 Å². The molecule has 0 aromatic heterocycles. The maximum Gasteiger partial charge on any atom is 0.129 e. The van der Waals surface area contributed by atoms with Gasteiger partial charge in [0.05, 0.1) is 6.10 Å². The van der Waals surface area contributed by atoms with E-state index in [9.17, 15) is 9.50 Å². The van der Waals surface area contributed by atoms with E-state index in [0.717, 1.165) is 5.57 Å². The maximum absolute atomic E-state index is 13.4. The molecule has 1 rings (SSSR count). The van der Waals surface area contributed by atoms with Gasteiger partial charge in [0.25, 0.3) is 0 Å². The molecular weight excluding hydrogens is 205 g/mol. The lowest BCUT2D eigenvalue weighted by Crippen LogP contribution is -2.26. The summed E-state index contributed by atoms with van der Waals surface area (Å²) >= 11 is 0. The van der Waals surface area contributed by atoms with E-state index in [1.165, 1.54) is 6.07 Å². The van der Waals surface area contributed by atoms with E-state index in [0.29, 0.717) is 18.7 Å². The Morgan fingerprint density at radius 1 is 1.50 bits per heavy atom. The highest BCUT2D eigenvalue weighted by molar-refractivity contribution is 5.20. The van der Waals surface area contributed by atoms with Crippen molar-refractivity contribution < 1.29 is 9.50 Å². The second-order valence-electron chi connectivity index (χ2n) is 4.19. The van der Waals surface area contributed by atoms with Gasteiger partial charge in [-0.25, -0.2) is 4.39 Å². The van der Waals surface area contributed by atoms with Crippen LogP contribution in [0.1, 0.15) is 18.6 Å². The fourth-order valence-electron chi connectivity index (χ4n) is 1.66. The largest absolute Gasteiger partial charge is 0.387 e. The Morgan fingerprint density at radius 3 is 2.69 bits per heavy atom. The highest BCUT2D eigenvalue weighted by atomic mass is 19.1. The fraction of sp³-hybridized carbons (Fsp3) is 0.385.